The number of benzene rings is 2. The van der Waals surface area contributed by atoms with Gasteiger partial charge in [0.25, 0.3) is 0 Å². The van der Waals surface area contributed by atoms with E-state index in [1.807, 2.05) is 17.0 Å². The van der Waals surface area contributed by atoms with E-state index < -0.39 is 0 Å². The third-order valence-electron chi connectivity index (χ3n) is 7.18. The van der Waals surface area contributed by atoms with E-state index in [2.05, 4.69) is 30.0 Å². The first-order chi connectivity index (χ1) is 15.6. The highest BCUT2D eigenvalue weighted by atomic mass is 19.1. The minimum Gasteiger partial charge on any atom is -0.338 e. The SMILES string of the molecule is CCCc1ccc(CN2CCCC2=O)cc1CC1CCN(CCc2ccc(F)cc2)CC1. The molecule has 172 valence electrons. The van der Waals surface area contributed by atoms with Gasteiger partial charge in [0, 0.05) is 26.1 Å². The van der Waals surface area contributed by atoms with Crippen molar-refractivity contribution in [3.63, 3.8) is 0 Å². The number of likely N-dealkylation sites (tertiary alicyclic amines) is 2. The minimum absolute atomic E-state index is 0.159. The number of nitrogens with zero attached hydrogens (tertiary/aromatic N) is 2. The van der Waals surface area contributed by atoms with Gasteiger partial charge in [0.05, 0.1) is 0 Å². The predicted octanol–water partition coefficient (Wildman–Crippen LogP) is 5.40. The molecule has 2 fully saturated rings. The summed E-state index contributed by atoms with van der Waals surface area (Å²) in [5.41, 5.74) is 5.49. The highest BCUT2D eigenvalue weighted by molar-refractivity contribution is 5.78. The highest BCUT2D eigenvalue weighted by Crippen LogP contribution is 2.26. The van der Waals surface area contributed by atoms with Gasteiger partial charge in [-0.3, -0.25) is 4.79 Å². The second-order valence-electron chi connectivity index (χ2n) is 9.64. The molecule has 2 heterocycles. The molecule has 0 radical (unpaired) electrons. The molecule has 0 bridgehead atoms. The summed E-state index contributed by atoms with van der Waals surface area (Å²) in [5.74, 6) is 0.877. The summed E-state index contributed by atoms with van der Waals surface area (Å²) in [7, 11) is 0. The van der Waals surface area contributed by atoms with Crippen molar-refractivity contribution >= 4 is 5.91 Å². The molecular formula is C28H37FN2O. The zero-order valence-corrected chi connectivity index (χ0v) is 19.5. The van der Waals surface area contributed by atoms with E-state index in [1.54, 1.807) is 12.1 Å². The Hall–Kier alpha value is -2.20. The van der Waals surface area contributed by atoms with Gasteiger partial charge in [0.2, 0.25) is 5.91 Å². The van der Waals surface area contributed by atoms with Gasteiger partial charge in [-0.1, -0.05) is 43.7 Å². The van der Waals surface area contributed by atoms with Crippen LogP contribution in [-0.2, 0) is 30.6 Å². The van der Waals surface area contributed by atoms with Crippen LogP contribution < -0.4 is 0 Å². The number of aryl methyl sites for hydroxylation is 1. The number of halogens is 1. The van der Waals surface area contributed by atoms with Crippen molar-refractivity contribution in [2.75, 3.05) is 26.2 Å². The molecule has 0 aliphatic carbocycles. The van der Waals surface area contributed by atoms with Crippen molar-refractivity contribution in [1.29, 1.82) is 0 Å². The van der Waals surface area contributed by atoms with E-state index >= 15 is 0 Å². The molecule has 32 heavy (non-hydrogen) atoms. The van der Waals surface area contributed by atoms with Gasteiger partial charge < -0.3 is 9.80 Å². The lowest BCUT2D eigenvalue weighted by molar-refractivity contribution is -0.128. The van der Waals surface area contributed by atoms with Crippen molar-refractivity contribution in [3.8, 4) is 0 Å². The van der Waals surface area contributed by atoms with E-state index in [9.17, 15) is 9.18 Å². The molecule has 4 heteroatoms. The lowest BCUT2D eigenvalue weighted by Crippen LogP contribution is -2.35. The Kier molecular flexibility index (Phi) is 7.96. The molecular weight excluding hydrogens is 399 g/mol. The number of carbonyl (C=O) groups is 1. The lowest BCUT2D eigenvalue weighted by atomic mass is 9.86. The van der Waals surface area contributed by atoms with Crippen LogP contribution in [0.5, 0.6) is 0 Å². The Morgan fingerprint density at radius 1 is 0.938 bits per heavy atom. The average molecular weight is 437 g/mol. The smallest absolute Gasteiger partial charge is 0.222 e. The summed E-state index contributed by atoms with van der Waals surface area (Å²) in [6, 6.07) is 13.9. The van der Waals surface area contributed by atoms with Crippen molar-refractivity contribution in [1.82, 2.24) is 9.80 Å². The highest BCUT2D eigenvalue weighted by Gasteiger charge is 2.22. The number of amides is 1. The molecule has 1 amide bonds. The molecule has 0 aromatic heterocycles. The minimum atomic E-state index is -0.159. The molecule has 0 unspecified atom stereocenters. The van der Waals surface area contributed by atoms with Crippen LogP contribution in [0.3, 0.4) is 0 Å². The van der Waals surface area contributed by atoms with Crippen LogP contribution in [0.2, 0.25) is 0 Å². The summed E-state index contributed by atoms with van der Waals surface area (Å²) < 4.78 is 13.1. The Morgan fingerprint density at radius 2 is 1.69 bits per heavy atom. The summed E-state index contributed by atoms with van der Waals surface area (Å²) >= 11 is 0. The van der Waals surface area contributed by atoms with Gasteiger partial charge in [0.15, 0.2) is 0 Å². The van der Waals surface area contributed by atoms with Gasteiger partial charge >= 0.3 is 0 Å². The molecule has 2 aromatic carbocycles. The fourth-order valence-electron chi connectivity index (χ4n) is 5.24. The summed E-state index contributed by atoms with van der Waals surface area (Å²) in [4.78, 5) is 16.6. The topological polar surface area (TPSA) is 23.6 Å². The molecule has 0 saturated carbocycles. The Balaban J connectivity index is 1.31. The molecule has 2 aromatic rings. The van der Waals surface area contributed by atoms with Gasteiger partial charge in [0.1, 0.15) is 5.82 Å². The third kappa shape index (κ3) is 6.19. The van der Waals surface area contributed by atoms with Crippen molar-refractivity contribution in [3.05, 3.63) is 70.5 Å². The number of rotatable bonds is 9. The third-order valence-corrected chi connectivity index (χ3v) is 7.18. The van der Waals surface area contributed by atoms with Gasteiger partial charge in [-0.05, 0) is 91.9 Å². The summed E-state index contributed by atoms with van der Waals surface area (Å²) in [6.07, 6.45) is 8.63. The Morgan fingerprint density at radius 3 is 2.38 bits per heavy atom. The molecule has 4 rings (SSSR count). The first kappa shape index (κ1) is 23.0. The van der Waals surface area contributed by atoms with Crippen LogP contribution in [0.1, 0.15) is 61.3 Å². The van der Waals surface area contributed by atoms with Crippen LogP contribution in [-0.4, -0.2) is 41.9 Å². The van der Waals surface area contributed by atoms with E-state index in [1.165, 1.54) is 41.5 Å². The maximum absolute atomic E-state index is 13.1. The number of piperidine rings is 1. The quantitative estimate of drug-likeness (QED) is 0.526. The Bertz CT molecular complexity index is 887. The fraction of sp³-hybridized carbons (Fsp3) is 0.536. The zero-order valence-electron chi connectivity index (χ0n) is 19.5. The normalized spacial score (nSPS) is 17.9. The summed E-state index contributed by atoms with van der Waals surface area (Å²) in [5, 5.41) is 0. The maximum Gasteiger partial charge on any atom is 0.222 e. The zero-order chi connectivity index (χ0) is 22.3. The molecule has 0 spiro atoms. The maximum atomic E-state index is 13.1. The number of carbonyl (C=O) groups excluding carboxylic acids is 1. The summed E-state index contributed by atoms with van der Waals surface area (Å²) in [6.45, 7) is 7.27. The molecule has 3 nitrogen and oxygen atoms in total. The molecule has 2 aliphatic rings. The van der Waals surface area contributed by atoms with E-state index in [0.29, 0.717) is 12.3 Å². The van der Waals surface area contributed by atoms with Crippen molar-refractivity contribution in [2.45, 2.75) is 64.8 Å². The number of hydrogen-bond acceptors (Lipinski definition) is 2. The Labute approximate surface area is 192 Å². The fourth-order valence-corrected chi connectivity index (χ4v) is 5.24. The van der Waals surface area contributed by atoms with Crippen LogP contribution in [0.15, 0.2) is 42.5 Å². The van der Waals surface area contributed by atoms with Crippen LogP contribution in [0, 0.1) is 11.7 Å². The largest absolute Gasteiger partial charge is 0.338 e. The molecule has 2 saturated heterocycles. The standard InChI is InChI=1S/C28H37FN2O/c1-2-4-25-9-6-24(21-31-15-3-5-28(31)32)20-26(25)19-23-13-17-30(18-14-23)16-12-22-7-10-27(29)11-8-22/h6-11,20,23H,2-5,12-19,21H2,1H3. The lowest BCUT2D eigenvalue weighted by Gasteiger charge is -2.32. The van der Waals surface area contributed by atoms with E-state index in [4.69, 9.17) is 0 Å². The molecule has 0 N–H and O–H groups in total. The van der Waals surface area contributed by atoms with Crippen LogP contribution in [0.25, 0.3) is 0 Å². The van der Waals surface area contributed by atoms with Gasteiger partial charge in [-0.15, -0.1) is 0 Å². The average Bonchev–Trinajstić information content (AvgIpc) is 3.20. The van der Waals surface area contributed by atoms with E-state index in [0.717, 1.165) is 64.3 Å². The van der Waals surface area contributed by atoms with Gasteiger partial charge in [-0.25, -0.2) is 4.39 Å². The first-order valence-corrected chi connectivity index (χ1v) is 12.5. The van der Waals surface area contributed by atoms with E-state index in [-0.39, 0.29) is 5.82 Å². The van der Waals surface area contributed by atoms with Crippen LogP contribution in [0.4, 0.5) is 4.39 Å². The monoisotopic (exact) mass is 436 g/mol. The van der Waals surface area contributed by atoms with Crippen molar-refractivity contribution < 1.29 is 9.18 Å². The van der Waals surface area contributed by atoms with Gasteiger partial charge in [-0.2, -0.15) is 0 Å². The van der Waals surface area contributed by atoms with Crippen LogP contribution >= 0.6 is 0 Å². The van der Waals surface area contributed by atoms with Crippen molar-refractivity contribution in [2.24, 2.45) is 5.92 Å². The predicted molar refractivity (Wildman–Crippen MR) is 128 cm³/mol. The second-order valence-corrected chi connectivity index (χ2v) is 9.64. The molecule has 0 atom stereocenters. The number of hydrogen-bond donors (Lipinski definition) is 0. The second kappa shape index (κ2) is 11.1. The first-order valence-electron chi connectivity index (χ1n) is 12.5. The molecule has 2 aliphatic heterocycles.